The van der Waals surface area contributed by atoms with Gasteiger partial charge in [-0.3, -0.25) is 9.69 Å². The standard InChI is InChI=1S/C13H18N2O2/c1-14-6-8-15(9-7-14)10-13(17)11-4-2-3-5-12(11)16/h2-5,16H,6-10H2,1H3. The van der Waals surface area contributed by atoms with Gasteiger partial charge in [0.05, 0.1) is 12.1 Å². The Kier molecular flexibility index (Phi) is 3.76. The van der Waals surface area contributed by atoms with E-state index in [1.807, 2.05) is 0 Å². The molecule has 0 unspecified atom stereocenters. The second kappa shape index (κ2) is 5.29. The van der Waals surface area contributed by atoms with E-state index >= 15 is 0 Å². The van der Waals surface area contributed by atoms with Gasteiger partial charge in [0, 0.05) is 26.2 Å². The Balaban J connectivity index is 1.96. The summed E-state index contributed by atoms with van der Waals surface area (Å²) in [7, 11) is 2.09. The molecule has 0 saturated carbocycles. The number of carbonyl (C=O) groups is 1. The number of rotatable bonds is 3. The maximum absolute atomic E-state index is 12.0. The molecule has 1 aromatic rings. The van der Waals surface area contributed by atoms with E-state index in [4.69, 9.17) is 0 Å². The number of ketones is 1. The van der Waals surface area contributed by atoms with E-state index in [0.717, 1.165) is 26.2 Å². The van der Waals surface area contributed by atoms with Gasteiger partial charge in [-0.2, -0.15) is 0 Å². The number of benzene rings is 1. The summed E-state index contributed by atoms with van der Waals surface area (Å²) in [6, 6.07) is 6.73. The summed E-state index contributed by atoms with van der Waals surface area (Å²) >= 11 is 0. The Morgan fingerprint density at radius 2 is 1.88 bits per heavy atom. The van der Waals surface area contributed by atoms with Crippen LogP contribution in [0.4, 0.5) is 0 Å². The lowest BCUT2D eigenvalue weighted by molar-refractivity contribution is 0.0874. The molecule has 0 amide bonds. The van der Waals surface area contributed by atoms with Gasteiger partial charge < -0.3 is 10.0 Å². The fourth-order valence-corrected chi connectivity index (χ4v) is 2.00. The van der Waals surface area contributed by atoms with Gasteiger partial charge in [-0.05, 0) is 19.2 Å². The van der Waals surface area contributed by atoms with Crippen molar-refractivity contribution in [3.63, 3.8) is 0 Å². The van der Waals surface area contributed by atoms with Gasteiger partial charge >= 0.3 is 0 Å². The summed E-state index contributed by atoms with van der Waals surface area (Å²) in [5.41, 5.74) is 0.423. The van der Waals surface area contributed by atoms with Crippen molar-refractivity contribution in [3.8, 4) is 5.75 Å². The number of aromatic hydroxyl groups is 1. The number of Topliss-reactive ketones (excluding diaryl/α,β-unsaturated/α-hetero) is 1. The second-order valence-electron chi connectivity index (χ2n) is 4.52. The third-order valence-electron chi connectivity index (χ3n) is 3.17. The first-order valence-electron chi connectivity index (χ1n) is 5.89. The number of para-hydroxylation sites is 1. The minimum Gasteiger partial charge on any atom is -0.507 e. The fourth-order valence-electron chi connectivity index (χ4n) is 2.00. The Morgan fingerprint density at radius 3 is 2.53 bits per heavy atom. The maximum atomic E-state index is 12.0. The molecule has 1 aromatic carbocycles. The van der Waals surface area contributed by atoms with Crippen LogP contribution in [0.2, 0.25) is 0 Å². The fraction of sp³-hybridized carbons (Fsp3) is 0.462. The molecule has 17 heavy (non-hydrogen) atoms. The lowest BCUT2D eigenvalue weighted by Gasteiger charge is -2.31. The Hall–Kier alpha value is -1.39. The number of phenolic OH excluding ortho intramolecular Hbond substituents is 1. The molecule has 0 bridgehead atoms. The monoisotopic (exact) mass is 234 g/mol. The highest BCUT2D eigenvalue weighted by Crippen LogP contribution is 2.16. The van der Waals surface area contributed by atoms with Crippen LogP contribution in [0.3, 0.4) is 0 Å². The van der Waals surface area contributed by atoms with Gasteiger partial charge in [-0.25, -0.2) is 0 Å². The Bertz CT molecular complexity index is 398. The summed E-state index contributed by atoms with van der Waals surface area (Å²) in [6.45, 7) is 4.21. The first-order valence-corrected chi connectivity index (χ1v) is 5.89. The summed E-state index contributed by atoms with van der Waals surface area (Å²) in [5, 5.41) is 9.60. The summed E-state index contributed by atoms with van der Waals surface area (Å²) in [6.07, 6.45) is 0. The average molecular weight is 234 g/mol. The molecule has 2 rings (SSSR count). The quantitative estimate of drug-likeness (QED) is 0.786. The number of carbonyl (C=O) groups excluding carboxylic acids is 1. The molecule has 1 heterocycles. The first kappa shape index (κ1) is 12.1. The van der Waals surface area contributed by atoms with Crippen molar-refractivity contribution in [1.82, 2.24) is 9.80 Å². The van der Waals surface area contributed by atoms with Crippen LogP contribution in [0.1, 0.15) is 10.4 Å². The average Bonchev–Trinajstić information content (AvgIpc) is 2.32. The smallest absolute Gasteiger partial charge is 0.180 e. The summed E-state index contributed by atoms with van der Waals surface area (Å²) in [4.78, 5) is 16.4. The van der Waals surface area contributed by atoms with Crippen molar-refractivity contribution in [2.45, 2.75) is 0 Å². The molecule has 0 spiro atoms. The van der Waals surface area contributed by atoms with Crippen molar-refractivity contribution in [3.05, 3.63) is 29.8 Å². The number of phenols is 1. The van der Waals surface area contributed by atoms with Gasteiger partial charge in [-0.15, -0.1) is 0 Å². The molecule has 1 fully saturated rings. The SMILES string of the molecule is CN1CCN(CC(=O)c2ccccc2O)CC1. The molecular formula is C13H18N2O2. The number of piperazine rings is 1. The van der Waals surface area contributed by atoms with E-state index in [9.17, 15) is 9.90 Å². The highest BCUT2D eigenvalue weighted by atomic mass is 16.3. The third-order valence-corrected chi connectivity index (χ3v) is 3.17. The van der Waals surface area contributed by atoms with Crippen LogP contribution in [0.5, 0.6) is 5.75 Å². The van der Waals surface area contributed by atoms with E-state index in [1.54, 1.807) is 24.3 Å². The zero-order valence-electron chi connectivity index (χ0n) is 10.1. The molecule has 1 aliphatic heterocycles. The van der Waals surface area contributed by atoms with Gasteiger partial charge in [0.15, 0.2) is 5.78 Å². The highest BCUT2D eigenvalue weighted by molar-refractivity contribution is 5.99. The molecule has 0 atom stereocenters. The van der Waals surface area contributed by atoms with Crippen LogP contribution >= 0.6 is 0 Å². The summed E-state index contributed by atoms with van der Waals surface area (Å²) < 4.78 is 0. The molecule has 1 aliphatic rings. The first-order chi connectivity index (χ1) is 8.16. The lowest BCUT2D eigenvalue weighted by Crippen LogP contribution is -2.46. The van der Waals surface area contributed by atoms with E-state index in [1.165, 1.54) is 0 Å². The normalized spacial score (nSPS) is 18.2. The van der Waals surface area contributed by atoms with Crippen molar-refractivity contribution in [2.75, 3.05) is 39.8 Å². The van der Waals surface area contributed by atoms with E-state index < -0.39 is 0 Å². The molecule has 4 nitrogen and oxygen atoms in total. The minimum absolute atomic E-state index is 0.00680. The van der Waals surface area contributed by atoms with Crippen molar-refractivity contribution < 1.29 is 9.90 Å². The topological polar surface area (TPSA) is 43.8 Å². The molecule has 4 heteroatoms. The number of hydrogen-bond acceptors (Lipinski definition) is 4. The van der Waals surface area contributed by atoms with E-state index in [0.29, 0.717) is 12.1 Å². The van der Waals surface area contributed by atoms with Crippen LogP contribution in [-0.2, 0) is 0 Å². The molecule has 1 N–H and O–H groups in total. The summed E-state index contributed by atoms with van der Waals surface area (Å²) in [5.74, 6) is 0.0688. The maximum Gasteiger partial charge on any atom is 0.180 e. The second-order valence-corrected chi connectivity index (χ2v) is 4.52. The zero-order chi connectivity index (χ0) is 12.3. The predicted molar refractivity (Wildman–Crippen MR) is 66.4 cm³/mol. The van der Waals surface area contributed by atoms with Gasteiger partial charge in [0.25, 0.3) is 0 Å². The van der Waals surface area contributed by atoms with Gasteiger partial charge in [0.1, 0.15) is 5.75 Å². The molecular weight excluding hydrogens is 216 g/mol. The van der Waals surface area contributed by atoms with Gasteiger partial charge in [0.2, 0.25) is 0 Å². The van der Waals surface area contributed by atoms with E-state index in [-0.39, 0.29) is 11.5 Å². The zero-order valence-corrected chi connectivity index (χ0v) is 10.1. The third kappa shape index (κ3) is 3.05. The Morgan fingerprint density at radius 1 is 1.24 bits per heavy atom. The largest absolute Gasteiger partial charge is 0.507 e. The van der Waals surface area contributed by atoms with E-state index in [2.05, 4.69) is 16.8 Å². The minimum atomic E-state index is -0.00680. The molecule has 0 radical (unpaired) electrons. The van der Waals surface area contributed by atoms with Gasteiger partial charge in [-0.1, -0.05) is 12.1 Å². The number of likely N-dealkylation sites (N-methyl/N-ethyl adjacent to an activating group) is 1. The van der Waals surface area contributed by atoms with Crippen LogP contribution in [0.25, 0.3) is 0 Å². The number of nitrogens with zero attached hydrogens (tertiary/aromatic N) is 2. The predicted octanol–water partition coefficient (Wildman–Crippen LogP) is 0.822. The lowest BCUT2D eigenvalue weighted by atomic mass is 10.1. The van der Waals surface area contributed by atoms with Crippen molar-refractivity contribution in [2.24, 2.45) is 0 Å². The molecule has 0 aromatic heterocycles. The van der Waals surface area contributed by atoms with Crippen molar-refractivity contribution >= 4 is 5.78 Å². The molecule has 1 saturated heterocycles. The van der Waals surface area contributed by atoms with Crippen molar-refractivity contribution in [1.29, 1.82) is 0 Å². The van der Waals surface area contributed by atoms with Crippen LogP contribution in [0.15, 0.2) is 24.3 Å². The van der Waals surface area contributed by atoms with Crippen LogP contribution in [-0.4, -0.2) is 60.5 Å². The van der Waals surface area contributed by atoms with Crippen LogP contribution < -0.4 is 0 Å². The highest BCUT2D eigenvalue weighted by Gasteiger charge is 2.18. The molecule has 0 aliphatic carbocycles. The Labute approximate surface area is 101 Å². The van der Waals surface area contributed by atoms with Crippen LogP contribution in [0, 0.1) is 0 Å². The molecule has 92 valence electrons. The number of hydrogen-bond donors (Lipinski definition) is 1.